The van der Waals surface area contributed by atoms with E-state index in [1.165, 1.54) is 3.57 Å². The van der Waals surface area contributed by atoms with Crippen LogP contribution in [0, 0.1) is 8.99 Å². The number of hydrogen-bond donors (Lipinski definition) is 1. The van der Waals surface area contributed by atoms with Crippen molar-refractivity contribution in [2.24, 2.45) is 5.41 Å². The average molecular weight is 497 g/mol. The monoisotopic (exact) mass is 496 g/mol. The highest BCUT2D eigenvalue weighted by Gasteiger charge is 2.39. The second-order valence-electron chi connectivity index (χ2n) is 7.91. The molecule has 0 aliphatic carbocycles. The number of halogens is 1. The fourth-order valence-electron chi connectivity index (χ4n) is 3.03. The van der Waals surface area contributed by atoms with E-state index in [4.69, 9.17) is 16.6 Å². The normalized spacial score (nSPS) is 14.1. The van der Waals surface area contributed by atoms with Gasteiger partial charge in [0, 0.05) is 21.1 Å². The summed E-state index contributed by atoms with van der Waals surface area (Å²) in [6.45, 7) is 11.0. The SMILES string of the molecule is C[Si](C)O[C@@](CC(C)(C)C)(NC(=S)c1cccc(I)c1)c1ccccc1. The van der Waals surface area contributed by atoms with E-state index in [0.29, 0.717) is 0 Å². The van der Waals surface area contributed by atoms with Gasteiger partial charge < -0.3 is 9.74 Å². The third kappa shape index (κ3) is 6.15. The molecule has 0 unspecified atom stereocenters. The smallest absolute Gasteiger partial charge is 0.208 e. The molecule has 2 aromatic carbocycles. The van der Waals surface area contributed by atoms with Crippen molar-refractivity contribution in [3.05, 3.63) is 69.3 Å². The van der Waals surface area contributed by atoms with Crippen LogP contribution >= 0.6 is 34.8 Å². The van der Waals surface area contributed by atoms with Crippen molar-refractivity contribution in [2.45, 2.75) is 46.0 Å². The lowest BCUT2D eigenvalue weighted by molar-refractivity contribution is 0.00753. The summed E-state index contributed by atoms with van der Waals surface area (Å²) in [4.78, 5) is 0.722. The Labute approximate surface area is 178 Å². The van der Waals surface area contributed by atoms with Crippen molar-refractivity contribution in [1.82, 2.24) is 5.32 Å². The van der Waals surface area contributed by atoms with Crippen molar-refractivity contribution in [1.29, 1.82) is 0 Å². The zero-order valence-electron chi connectivity index (χ0n) is 16.1. The molecule has 139 valence electrons. The number of nitrogens with one attached hydrogen (secondary N) is 1. The molecular formula is C21H27INOSSi. The largest absolute Gasteiger partial charge is 0.392 e. The Bertz CT molecular complexity index is 745. The summed E-state index contributed by atoms with van der Waals surface area (Å²) in [5, 5.41) is 3.61. The lowest BCUT2D eigenvalue weighted by Crippen LogP contribution is -2.51. The van der Waals surface area contributed by atoms with E-state index in [1.807, 2.05) is 18.2 Å². The van der Waals surface area contributed by atoms with Crippen LogP contribution in [0.4, 0.5) is 0 Å². The van der Waals surface area contributed by atoms with E-state index < -0.39 is 14.8 Å². The van der Waals surface area contributed by atoms with Gasteiger partial charge in [-0.2, -0.15) is 0 Å². The minimum atomic E-state index is -0.968. The van der Waals surface area contributed by atoms with E-state index in [1.54, 1.807) is 0 Å². The van der Waals surface area contributed by atoms with Gasteiger partial charge in [-0.05, 0) is 53.2 Å². The molecule has 0 amide bonds. The van der Waals surface area contributed by atoms with Crippen molar-refractivity contribution < 1.29 is 4.43 Å². The van der Waals surface area contributed by atoms with E-state index in [9.17, 15) is 0 Å². The van der Waals surface area contributed by atoms with Crippen molar-refractivity contribution >= 4 is 48.8 Å². The van der Waals surface area contributed by atoms with Crippen LogP contribution in [0.3, 0.4) is 0 Å². The molecule has 0 heterocycles. The van der Waals surface area contributed by atoms with Crippen LogP contribution in [0.25, 0.3) is 0 Å². The van der Waals surface area contributed by atoms with Crippen LogP contribution in [0.2, 0.25) is 13.1 Å². The first kappa shape index (κ1) is 21.5. The number of hydrogen-bond acceptors (Lipinski definition) is 2. The average Bonchev–Trinajstić information content (AvgIpc) is 2.53. The Kier molecular flexibility index (Phi) is 7.41. The molecular weight excluding hydrogens is 469 g/mol. The summed E-state index contributed by atoms with van der Waals surface area (Å²) < 4.78 is 7.79. The molecule has 1 N–H and O–H groups in total. The van der Waals surface area contributed by atoms with E-state index in [2.05, 4.69) is 98.2 Å². The minimum absolute atomic E-state index is 0.0703. The Morgan fingerprint density at radius 2 is 1.73 bits per heavy atom. The number of rotatable bonds is 6. The van der Waals surface area contributed by atoms with Gasteiger partial charge in [0.1, 0.15) is 4.99 Å². The molecule has 0 fully saturated rings. The minimum Gasteiger partial charge on any atom is -0.392 e. The zero-order valence-corrected chi connectivity index (χ0v) is 20.1. The van der Waals surface area contributed by atoms with E-state index in [0.717, 1.165) is 22.5 Å². The lowest BCUT2D eigenvalue weighted by atomic mass is 9.83. The van der Waals surface area contributed by atoms with Crippen LogP contribution in [-0.4, -0.2) is 14.0 Å². The quantitative estimate of drug-likeness (QED) is 0.226. The molecule has 2 rings (SSSR count). The molecule has 2 aromatic rings. The van der Waals surface area contributed by atoms with Crippen LogP contribution in [0.1, 0.15) is 38.3 Å². The third-order valence-corrected chi connectivity index (χ3v) is 5.57. The van der Waals surface area contributed by atoms with Gasteiger partial charge in [0.25, 0.3) is 0 Å². The second-order valence-corrected chi connectivity index (χ2v) is 11.6. The highest BCUT2D eigenvalue weighted by molar-refractivity contribution is 14.1. The predicted molar refractivity (Wildman–Crippen MR) is 125 cm³/mol. The molecule has 26 heavy (non-hydrogen) atoms. The van der Waals surface area contributed by atoms with Gasteiger partial charge in [-0.15, -0.1) is 0 Å². The molecule has 0 aromatic heterocycles. The fraction of sp³-hybridized carbons (Fsp3) is 0.381. The summed E-state index contributed by atoms with van der Waals surface area (Å²) in [6.07, 6.45) is 0.823. The Morgan fingerprint density at radius 3 is 2.27 bits per heavy atom. The molecule has 1 radical (unpaired) electrons. The van der Waals surface area contributed by atoms with Crippen LogP contribution in [0.5, 0.6) is 0 Å². The van der Waals surface area contributed by atoms with Crippen LogP contribution in [0.15, 0.2) is 54.6 Å². The molecule has 0 bridgehead atoms. The first-order chi connectivity index (χ1) is 12.1. The topological polar surface area (TPSA) is 21.3 Å². The molecule has 0 spiro atoms. The second kappa shape index (κ2) is 8.95. The Hall–Kier alpha value is -0.763. The fourth-order valence-corrected chi connectivity index (χ4v) is 4.80. The summed E-state index contributed by atoms with van der Waals surface area (Å²) in [5.74, 6) is 0. The molecule has 2 nitrogen and oxygen atoms in total. The van der Waals surface area contributed by atoms with Crippen molar-refractivity contribution in [3.8, 4) is 0 Å². The molecule has 5 heteroatoms. The summed E-state index contributed by atoms with van der Waals surface area (Å²) in [7, 11) is -0.968. The van der Waals surface area contributed by atoms with Gasteiger partial charge in [-0.3, -0.25) is 0 Å². The molecule has 1 atom stereocenters. The van der Waals surface area contributed by atoms with Gasteiger partial charge in [0.15, 0.2) is 5.72 Å². The van der Waals surface area contributed by atoms with Gasteiger partial charge in [0.2, 0.25) is 9.04 Å². The molecule has 0 saturated heterocycles. The summed E-state index contributed by atoms with van der Waals surface area (Å²) in [5.41, 5.74) is 1.58. The maximum absolute atomic E-state index is 6.62. The Morgan fingerprint density at radius 1 is 1.08 bits per heavy atom. The third-order valence-electron chi connectivity index (χ3n) is 3.80. The standard InChI is InChI=1S/C21H27INOSSi/c1-20(2,3)15-21(24-26(4)5,17-11-7-6-8-12-17)23-19(25)16-10-9-13-18(22)14-16/h6-14H,15H2,1-5H3,(H,23,25)/t21-/m1/s1. The number of thiocarbonyl (C=S) groups is 1. The molecule has 0 aliphatic rings. The zero-order chi connectivity index (χ0) is 19.4. The first-order valence-corrected chi connectivity index (χ1v) is 12.6. The highest BCUT2D eigenvalue weighted by Crippen LogP contribution is 2.37. The van der Waals surface area contributed by atoms with Crippen LogP contribution in [-0.2, 0) is 10.2 Å². The van der Waals surface area contributed by atoms with Crippen molar-refractivity contribution in [2.75, 3.05) is 0 Å². The summed E-state index contributed by atoms with van der Waals surface area (Å²) in [6, 6.07) is 18.7. The molecule has 0 aliphatic heterocycles. The predicted octanol–water partition coefficient (Wildman–Crippen LogP) is 6.11. The molecule has 0 saturated carbocycles. The maximum atomic E-state index is 6.62. The van der Waals surface area contributed by atoms with Gasteiger partial charge in [0.05, 0.1) is 0 Å². The lowest BCUT2D eigenvalue weighted by Gasteiger charge is -2.42. The van der Waals surface area contributed by atoms with Gasteiger partial charge >= 0.3 is 0 Å². The maximum Gasteiger partial charge on any atom is 0.208 e. The Balaban J connectivity index is 2.48. The first-order valence-electron chi connectivity index (χ1n) is 8.74. The summed E-state index contributed by atoms with van der Waals surface area (Å²) >= 11 is 8.10. The van der Waals surface area contributed by atoms with Gasteiger partial charge in [-0.1, -0.05) is 75.5 Å². The van der Waals surface area contributed by atoms with Crippen molar-refractivity contribution in [3.63, 3.8) is 0 Å². The van der Waals surface area contributed by atoms with E-state index in [-0.39, 0.29) is 5.41 Å². The highest BCUT2D eigenvalue weighted by atomic mass is 127. The van der Waals surface area contributed by atoms with Crippen LogP contribution < -0.4 is 5.32 Å². The van der Waals surface area contributed by atoms with E-state index >= 15 is 0 Å². The van der Waals surface area contributed by atoms with Gasteiger partial charge in [-0.25, -0.2) is 0 Å². The number of benzene rings is 2.